The minimum absolute atomic E-state index is 0.0475. The van der Waals surface area contributed by atoms with Crippen molar-refractivity contribution in [2.24, 2.45) is 0 Å². The lowest BCUT2D eigenvalue weighted by molar-refractivity contribution is -0.136. The maximum absolute atomic E-state index is 13.6. The van der Waals surface area contributed by atoms with Crippen LogP contribution in [0.3, 0.4) is 0 Å². The first-order valence-electron chi connectivity index (χ1n) is 6.37. The maximum atomic E-state index is 13.6. The summed E-state index contributed by atoms with van der Waals surface area (Å²) < 4.78 is 41.5. The second-order valence-electron chi connectivity index (χ2n) is 4.72. The number of H-pyrrole nitrogens is 1. The van der Waals surface area contributed by atoms with Crippen molar-refractivity contribution in [3.63, 3.8) is 0 Å². The summed E-state index contributed by atoms with van der Waals surface area (Å²) in [6.45, 7) is 0. The summed E-state index contributed by atoms with van der Waals surface area (Å²) in [5.41, 5.74) is -0.0678. The largest absolute Gasteiger partial charge is 0.417 e. The molecular weight excluding hydrogens is 363 g/mol. The summed E-state index contributed by atoms with van der Waals surface area (Å²) >= 11 is 7.59. The standard InChI is InChI=1S/C14H6F3N3S3/c15-14(16,17)6-4-7(8-2-1-3-22-8)20-13-9(6)10-11(23-13)12(21)19-5-18-10/h1-5H,(H,18,19,21). The molecule has 0 aliphatic rings. The Morgan fingerprint density at radius 2 is 2.09 bits per heavy atom. The molecule has 9 heteroatoms. The van der Waals surface area contributed by atoms with Gasteiger partial charge in [0.15, 0.2) is 0 Å². The van der Waals surface area contributed by atoms with Gasteiger partial charge in [0.1, 0.15) is 9.47 Å². The number of rotatable bonds is 1. The topological polar surface area (TPSA) is 41.6 Å². The van der Waals surface area contributed by atoms with Gasteiger partial charge < -0.3 is 4.98 Å². The Balaban J connectivity index is 2.18. The van der Waals surface area contributed by atoms with Crippen LogP contribution < -0.4 is 0 Å². The lowest BCUT2D eigenvalue weighted by atomic mass is 10.1. The fourth-order valence-corrected chi connectivity index (χ4v) is 4.40. The normalized spacial score (nSPS) is 12.3. The van der Waals surface area contributed by atoms with E-state index in [1.165, 1.54) is 17.7 Å². The van der Waals surface area contributed by atoms with Crippen molar-refractivity contribution in [1.82, 2.24) is 15.0 Å². The van der Waals surface area contributed by atoms with Crippen molar-refractivity contribution in [2.75, 3.05) is 0 Å². The first-order chi connectivity index (χ1) is 10.9. The number of hydrogen-bond donors (Lipinski definition) is 1. The number of alkyl halides is 3. The Hall–Kier alpha value is -1.84. The molecule has 0 fully saturated rings. The molecule has 4 aromatic heterocycles. The molecule has 0 bridgehead atoms. The Kier molecular flexibility index (Phi) is 3.26. The van der Waals surface area contributed by atoms with Gasteiger partial charge in [-0.15, -0.1) is 22.7 Å². The molecule has 23 heavy (non-hydrogen) atoms. The lowest BCUT2D eigenvalue weighted by Crippen LogP contribution is -2.06. The van der Waals surface area contributed by atoms with Crippen LogP contribution in [-0.2, 0) is 6.18 Å². The van der Waals surface area contributed by atoms with Crippen molar-refractivity contribution in [3.05, 3.63) is 40.1 Å². The first-order valence-corrected chi connectivity index (χ1v) is 8.47. The minimum atomic E-state index is -4.49. The molecule has 0 aromatic carbocycles. The van der Waals surface area contributed by atoms with Gasteiger partial charge in [-0.25, -0.2) is 9.97 Å². The third kappa shape index (κ3) is 2.35. The van der Waals surface area contributed by atoms with Gasteiger partial charge in [0, 0.05) is 5.39 Å². The number of pyridine rings is 1. The molecule has 4 rings (SSSR count). The average molecular weight is 369 g/mol. The number of aromatic amines is 1. The van der Waals surface area contributed by atoms with E-state index in [2.05, 4.69) is 15.0 Å². The highest BCUT2D eigenvalue weighted by molar-refractivity contribution is 7.71. The second kappa shape index (κ2) is 5.08. The van der Waals surface area contributed by atoms with Crippen LogP contribution in [0.1, 0.15) is 5.56 Å². The molecular formula is C14H6F3N3S3. The van der Waals surface area contributed by atoms with E-state index in [4.69, 9.17) is 12.2 Å². The lowest BCUT2D eigenvalue weighted by Gasteiger charge is -2.10. The van der Waals surface area contributed by atoms with E-state index in [0.717, 1.165) is 17.4 Å². The van der Waals surface area contributed by atoms with Gasteiger partial charge in [-0.3, -0.25) is 0 Å². The van der Waals surface area contributed by atoms with Crippen molar-refractivity contribution < 1.29 is 13.2 Å². The van der Waals surface area contributed by atoms with Crippen molar-refractivity contribution in [1.29, 1.82) is 0 Å². The summed E-state index contributed by atoms with van der Waals surface area (Å²) in [6.07, 6.45) is -3.18. The second-order valence-corrected chi connectivity index (χ2v) is 7.06. The molecule has 0 atom stereocenters. The number of nitrogens with zero attached hydrogens (tertiary/aromatic N) is 2. The molecule has 3 nitrogen and oxygen atoms in total. The maximum Gasteiger partial charge on any atom is 0.417 e. The van der Waals surface area contributed by atoms with Gasteiger partial charge in [0.2, 0.25) is 0 Å². The molecule has 0 aliphatic carbocycles. The number of hydrogen-bond acceptors (Lipinski definition) is 5. The van der Waals surface area contributed by atoms with Crippen LogP contribution in [0, 0.1) is 4.64 Å². The highest BCUT2D eigenvalue weighted by atomic mass is 32.1. The Morgan fingerprint density at radius 3 is 2.78 bits per heavy atom. The van der Waals surface area contributed by atoms with Crippen molar-refractivity contribution in [3.8, 4) is 10.6 Å². The fraction of sp³-hybridized carbons (Fsp3) is 0.0714. The van der Waals surface area contributed by atoms with Crippen LogP contribution in [0.2, 0.25) is 0 Å². The van der Waals surface area contributed by atoms with E-state index in [1.807, 2.05) is 0 Å². The number of aromatic nitrogens is 3. The number of thiophene rings is 2. The predicted octanol–water partition coefficient (Wildman–Crippen LogP) is 5.65. The zero-order valence-corrected chi connectivity index (χ0v) is 13.6. The summed E-state index contributed by atoms with van der Waals surface area (Å²) in [4.78, 5) is 12.1. The van der Waals surface area contributed by atoms with Crippen LogP contribution in [-0.4, -0.2) is 15.0 Å². The third-order valence-corrected chi connectivity index (χ3v) is 5.75. The highest BCUT2D eigenvalue weighted by Crippen LogP contribution is 2.42. The van der Waals surface area contributed by atoms with Gasteiger partial charge >= 0.3 is 6.18 Å². The monoisotopic (exact) mass is 369 g/mol. The molecule has 1 N–H and O–H groups in total. The van der Waals surface area contributed by atoms with Gasteiger partial charge in [0.05, 0.1) is 32.7 Å². The Morgan fingerprint density at radius 1 is 1.26 bits per heavy atom. The number of nitrogens with one attached hydrogen (secondary N) is 1. The summed E-state index contributed by atoms with van der Waals surface area (Å²) in [5, 5.41) is 1.85. The van der Waals surface area contributed by atoms with Crippen molar-refractivity contribution >= 4 is 55.3 Å². The number of fused-ring (bicyclic) bond motifs is 3. The van der Waals surface area contributed by atoms with Gasteiger partial charge in [-0.2, -0.15) is 13.2 Å². The Labute approximate surface area is 140 Å². The van der Waals surface area contributed by atoms with Gasteiger partial charge in [-0.1, -0.05) is 18.3 Å². The summed E-state index contributed by atoms with van der Waals surface area (Å²) in [5.74, 6) is 0. The summed E-state index contributed by atoms with van der Waals surface area (Å²) in [7, 11) is 0. The van der Waals surface area contributed by atoms with E-state index < -0.39 is 11.7 Å². The van der Waals surface area contributed by atoms with E-state index in [1.54, 1.807) is 17.5 Å². The smallest absolute Gasteiger partial charge is 0.344 e. The molecule has 0 radical (unpaired) electrons. The predicted molar refractivity (Wildman–Crippen MR) is 88.4 cm³/mol. The van der Waals surface area contributed by atoms with Crippen LogP contribution in [0.4, 0.5) is 13.2 Å². The van der Waals surface area contributed by atoms with E-state index in [0.29, 0.717) is 25.6 Å². The third-order valence-electron chi connectivity index (χ3n) is 3.33. The molecule has 4 heterocycles. The molecule has 116 valence electrons. The van der Waals surface area contributed by atoms with E-state index in [-0.39, 0.29) is 10.0 Å². The molecule has 0 unspecified atom stereocenters. The summed E-state index contributed by atoms with van der Waals surface area (Å²) in [6, 6.07) is 4.62. The minimum Gasteiger partial charge on any atom is -0.344 e. The molecule has 0 saturated carbocycles. The molecule has 0 spiro atoms. The molecule has 0 amide bonds. The van der Waals surface area contributed by atoms with Crippen LogP contribution in [0.15, 0.2) is 29.9 Å². The van der Waals surface area contributed by atoms with Gasteiger partial charge in [0.25, 0.3) is 0 Å². The van der Waals surface area contributed by atoms with Gasteiger partial charge in [-0.05, 0) is 17.5 Å². The highest BCUT2D eigenvalue weighted by Gasteiger charge is 2.35. The van der Waals surface area contributed by atoms with Crippen LogP contribution in [0.25, 0.3) is 31.0 Å². The zero-order chi connectivity index (χ0) is 16.2. The number of halogens is 3. The van der Waals surface area contributed by atoms with Crippen LogP contribution >= 0.6 is 34.9 Å². The van der Waals surface area contributed by atoms with Crippen molar-refractivity contribution in [2.45, 2.75) is 6.18 Å². The zero-order valence-electron chi connectivity index (χ0n) is 11.1. The van der Waals surface area contributed by atoms with E-state index >= 15 is 0 Å². The average Bonchev–Trinajstić information content (AvgIpc) is 3.13. The molecule has 0 aliphatic heterocycles. The van der Waals surface area contributed by atoms with E-state index in [9.17, 15) is 13.2 Å². The fourth-order valence-electron chi connectivity index (χ4n) is 2.37. The first kappa shape index (κ1) is 14.7. The molecule has 0 saturated heterocycles. The molecule has 4 aromatic rings. The van der Waals surface area contributed by atoms with Crippen LogP contribution in [0.5, 0.6) is 0 Å². The SMILES string of the molecule is FC(F)(F)c1cc(-c2cccs2)nc2sc3c(=S)nc[nH]c3c12. The quantitative estimate of drug-likeness (QED) is 0.441. The Bertz CT molecular complexity index is 1080.